The summed E-state index contributed by atoms with van der Waals surface area (Å²) in [5.74, 6) is -0.443. The Bertz CT molecular complexity index is 587. The van der Waals surface area contributed by atoms with Gasteiger partial charge in [-0.3, -0.25) is 9.59 Å². The normalized spacial score (nSPS) is 16.3. The van der Waals surface area contributed by atoms with Crippen molar-refractivity contribution in [2.24, 2.45) is 0 Å². The van der Waals surface area contributed by atoms with Crippen molar-refractivity contribution in [1.82, 2.24) is 10.6 Å². The first-order valence-corrected chi connectivity index (χ1v) is 9.21. The molecule has 2 rings (SSSR count). The molecule has 0 aromatic heterocycles. The van der Waals surface area contributed by atoms with Gasteiger partial charge in [-0.2, -0.15) is 0 Å². The van der Waals surface area contributed by atoms with Crippen LogP contribution in [0.15, 0.2) is 30.3 Å². The van der Waals surface area contributed by atoms with Crippen LogP contribution in [0.25, 0.3) is 6.08 Å². The zero-order chi connectivity index (χ0) is 18.1. The van der Waals surface area contributed by atoms with Crippen LogP contribution in [0.5, 0.6) is 0 Å². The highest BCUT2D eigenvalue weighted by atomic mass is 16.2. The molecule has 5 heteroatoms. The monoisotopic (exact) mass is 343 g/mol. The molecule has 0 bridgehead atoms. The molecule has 1 aliphatic heterocycles. The maximum Gasteiger partial charge on any atom is 0.244 e. The molecule has 1 fully saturated rings. The molecule has 1 aliphatic rings. The number of benzene rings is 1. The Hall–Kier alpha value is -2.30. The number of rotatable bonds is 6. The predicted octanol–water partition coefficient (Wildman–Crippen LogP) is 2.72. The van der Waals surface area contributed by atoms with Gasteiger partial charge in [-0.15, -0.1) is 0 Å². The Balaban J connectivity index is 1.88. The number of nitrogens with one attached hydrogen (secondary N) is 2. The van der Waals surface area contributed by atoms with Crippen molar-refractivity contribution in [3.8, 4) is 0 Å². The van der Waals surface area contributed by atoms with Gasteiger partial charge < -0.3 is 15.5 Å². The van der Waals surface area contributed by atoms with Gasteiger partial charge in [0.1, 0.15) is 6.04 Å². The summed E-state index contributed by atoms with van der Waals surface area (Å²) in [4.78, 5) is 25.9. The van der Waals surface area contributed by atoms with Crippen molar-refractivity contribution < 1.29 is 9.59 Å². The third-order valence-corrected chi connectivity index (χ3v) is 4.39. The molecule has 0 saturated carbocycles. The Morgan fingerprint density at radius 3 is 2.36 bits per heavy atom. The molecule has 1 aromatic carbocycles. The number of carbonyl (C=O) groups is 2. The molecule has 5 nitrogen and oxygen atoms in total. The first-order valence-electron chi connectivity index (χ1n) is 9.21. The zero-order valence-electron chi connectivity index (χ0n) is 15.3. The van der Waals surface area contributed by atoms with Gasteiger partial charge in [-0.1, -0.05) is 25.0 Å². The summed E-state index contributed by atoms with van der Waals surface area (Å²) in [6, 6.07) is 7.73. The predicted molar refractivity (Wildman–Crippen MR) is 102 cm³/mol. The van der Waals surface area contributed by atoms with E-state index in [1.54, 1.807) is 13.0 Å². The quantitative estimate of drug-likeness (QED) is 0.781. The molecular formula is C20H29N3O2. The molecule has 0 aliphatic carbocycles. The molecule has 0 spiro atoms. The lowest BCUT2D eigenvalue weighted by atomic mass is 10.1. The van der Waals surface area contributed by atoms with Crippen LogP contribution >= 0.6 is 0 Å². The molecular weight excluding hydrogens is 314 g/mol. The number of hydrogen-bond acceptors (Lipinski definition) is 3. The SMILES string of the molecule is CCNC(=O)[C@@H](C)NC(=O)/C=C/c1ccc(N2CCCCCC2)cc1. The second-order valence-electron chi connectivity index (χ2n) is 6.45. The van der Waals surface area contributed by atoms with Gasteiger partial charge in [0.25, 0.3) is 0 Å². The molecule has 1 aromatic rings. The molecule has 0 unspecified atom stereocenters. The highest BCUT2D eigenvalue weighted by Crippen LogP contribution is 2.20. The van der Waals surface area contributed by atoms with Crippen LogP contribution in [0.4, 0.5) is 5.69 Å². The molecule has 1 atom stereocenters. The second-order valence-corrected chi connectivity index (χ2v) is 6.45. The highest BCUT2D eigenvalue weighted by molar-refractivity contribution is 5.95. The molecule has 2 amide bonds. The van der Waals surface area contributed by atoms with Gasteiger partial charge in [0.15, 0.2) is 0 Å². The summed E-state index contributed by atoms with van der Waals surface area (Å²) < 4.78 is 0. The summed E-state index contributed by atoms with van der Waals surface area (Å²) in [7, 11) is 0. The number of amides is 2. The van der Waals surface area contributed by atoms with E-state index < -0.39 is 6.04 Å². The highest BCUT2D eigenvalue weighted by Gasteiger charge is 2.13. The molecule has 2 N–H and O–H groups in total. The largest absolute Gasteiger partial charge is 0.372 e. The van der Waals surface area contributed by atoms with Crippen LogP contribution in [-0.2, 0) is 9.59 Å². The zero-order valence-corrected chi connectivity index (χ0v) is 15.3. The van der Waals surface area contributed by atoms with E-state index in [-0.39, 0.29) is 11.8 Å². The van der Waals surface area contributed by atoms with Crippen LogP contribution in [0.1, 0.15) is 45.1 Å². The topological polar surface area (TPSA) is 61.4 Å². The molecule has 25 heavy (non-hydrogen) atoms. The third kappa shape index (κ3) is 6.25. The van der Waals surface area contributed by atoms with Crippen LogP contribution in [-0.4, -0.2) is 37.5 Å². The van der Waals surface area contributed by atoms with E-state index >= 15 is 0 Å². The fourth-order valence-corrected chi connectivity index (χ4v) is 2.95. The van der Waals surface area contributed by atoms with Crippen molar-refractivity contribution >= 4 is 23.6 Å². The van der Waals surface area contributed by atoms with Crippen molar-refractivity contribution in [2.75, 3.05) is 24.5 Å². The van der Waals surface area contributed by atoms with Gasteiger partial charge in [0, 0.05) is 31.4 Å². The average molecular weight is 343 g/mol. The maximum absolute atomic E-state index is 11.9. The van der Waals surface area contributed by atoms with Crippen molar-refractivity contribution in [1.29, 1.82) is 0 Å². The lowest BCUT2D eigenvalue weighted by Gasteiger charge is -2.22. The first-order chi connectivity index (χ1) is 12.1. The van der Waals surface area contributed by atoms with Crippen molar-refractivity contribution in [2.45, 2.75) is 45.6 Å². The molecule has 1 heterocycles. The fourth-order valence-electron chi connectivity index (χ4n) is 2.95. The standard InChI is InChI=1S/C20H29N3O2/c1-3-21-20(25)16(2)22-19(24)13-10-17-8-11-18(12-9-17)23-14-6-4-5-7-15-23/h8-13,16H,3-7,14-15H2,1-2H3,(H,21,25)(H,22,24)/b13-10+/t16-/m1/s1. The van der Waals surface area contributed by atoms with Gasteiger partial charge in [-0.05, 0) is 50.5 Å². The van der Waals surface area contributed by atoms with Gasteiger partial charge in [0.05, 0.1) is 0 Å². The van der Waals surface area contributed by atoms with Crippen LogP contribution in [0.2, 0.25) is 0 Å². The summed E-state index contributed by atoms with van der Waals surface area (Å²) in [5, 5.41) is 5.34. The van der Waals surface area contributed by atoms with Crippen molar-refractivity contribution in [3.63, 3.8) is 0 Å². The van der Waals surface area contributed by atoms with Crippen LogP contribution in [0, 0.1) is 0 Å². The third-order valence-electron chi connectivity index (χ3n) is 4.39. The Labute approximate surface area is 150 Å². The van der Waals surface area contributed by atoms with Gasteiger partial charge >= 0.3 is 0 Å². The molecule has 1 saturated heterocycles. The van der Waals surface area contributed by atoms with Gasteiger partial charge in [0.2, 0.25) is 11.8 Å². The summed E-state index contributed by atoms with van der Waals surface area (Å²) in [6.45, 7) is 6.32. The second kappa shape index (κ2) is 9.87. The van der Waals surface area contributed by atoms with Crippen LogP contribution < -0.4 is 15.5 Å². The van der Waals surface area contributed by atoms with Gasteiger partial charge in [-0.25, -0.2) is 0 Å². The van der Waals surface area contributed by atoms with E-state index in [2.05, 4.69) is 27.7 Å². The minimum Gasteiger partial charge on any atom is -0.372 e. The Morgan fingerprint density at radius 1 is 1.12 bits per heavy atom. The lowest BCUT2D eigenvalue weighted by Crippen LogP contribution is -2.44. The van der Waals surface area contributed by atoms with E-state index in [0.717, 1.165) is 18.7 Å². The number of anilines is 1. The Kier molecular flexibility index (Phi) is 7.51. The fraction of sp³-hybridized carbons (Fsp3) is 0.500. The molecule has 0 radical (unpaired) electrons. The maximum atomic E-state index is 11.9. The number of nitrogens with zero attached hydrogens (tertiary/aromatic N) is 1. The van der Waals surface area contributed by atoms with E-state index in [1.165, 1.54) is 37.4 Å². The number of carbonyl (C=O) groups excluding carboxylic acids is 2. The first kappa shape index (κ1) is 19.0. The minimum atomic E-state index is -0.539. The van der Waals surface area contributed by atoms with E-state index in [9.17, 15) is 9.59 Å². The Morgan fingerprint density at radius 2 is 1.76 bits per heavy atom. The van der Waals surface area contributed by atoms with E-state index in [4.69, 9.17) is 0 Å². The average Bonchev–Trinajstić information content (AvgIpc) is 2.90. The summed E-state index contributed by atoms with van der Waals surface area (Å²) in [6.07, 6.45) is 8.39. The minimum absolute atomic E-state index is 0.175. The molecule has 136 valence electrons. The summed E-state index contributed by atoms with van der Waals surface area (Å²) >= 11 is 0. The van der Waals surface area contributed by atoms with E-state index in [1.807, 2.05) is 19.1 Å². The number of likely N-dealkylation sites (N-methyl/N-ethyl adjacent to an activating group) is 1. The van der Waals surface area contributed by atoms with Crippen LogP contribution in [0.3, 0.4) is 0 Å². The summed E-state index contributed by atoms with van der Waals surface area (Å²) in [5.41, 5.74) is 2.22. The smallest absolute Gasteiger partial charge is 0.244 e. The number of hydrogen-bond donors (Lipinski definition) is 2. The lowest BCUT2D eigenvalue weighted by molar-refractivity contribution is -0.126. The van der Waals surface area contributed by atoms with Crippen molar-refractivity contribution in [3.05, 3.63) is 35.9 Å². The van der Waals surface area contributed by atoms with E-state index in [0.29, 0.717) is 6.54 Å².